The third-order valence-electron chi connectivity index (χ3n) is 2.40. The maximum Gasteiger partial charge on any atom is 0.326 e. The number of esters is 1. The van der Waals surface area contributed by atoms with Crippen molar-refractivity contribution < 1.29 is 9.53 Å². The molecule has 1 heterocycles. The smallest absolute Gasteiger partial charge is 0.326 e. The molecule has 90 valence electrons. The fourth-order valence-electron chi connectivity index (χ4n) is 1.16. The number of ether oxygens (including phenoxy) is 1. The minimum absolute atomic E-state index is 0.258. The Morgan fingerprint density at radius 2 is 2.44 bits per heavy atom. The van der Waals surface area contributed by atoms with E-state index in [1.54, 1.807) is 29.7 Å². The third kappa shape index (κ3) is 2.99. The first-order chi connectivity index (χ1) is 7.51. The normalized spacial score (nSPS) is 14.5. The van der Waals surface area contributed by atoms with E-state index < -0.39 is 5.54 Å². The number of nitrogens with zero attached hydrogens (tertiary/aromatic N) is 2. The molecule has 0 bridgehead atoms. The van der Waals surface area contributed by atoms with E-state index in [0.29, 0.717) is 5.75 Å². The van der Waals surface area contributed by atoms with Crippen molar-refractivity contribution in [1.29, 1.82) is 0 Å². The molecule has 0 saturated carbocycles. The quantitative estimate of drug-likeness (QED) is 0.608. The molecule has 0 saturated heterocycles. The molecule has 6 heteroatoms. The van der Waals surface area contributed by atoms with Crippen LogP contribution in [0.2, 0.25) is 0 Å². The minimum atomic E-state index is -0.671. The van der Waals surface area contributed by atoms with E-state index in [1.165, 1.54) is 7.11 Å². The number of aryl methyl sites for hydroxylation is 1. The number of carbonyl (C=O) groups is 1. The second-order valence-corrected chi connectivity index (χ2v) is 4.76. The van der Waals surface area contributed by atoms with Crippen LogP contribution in [-0.4, -0.2) is 41.2 Å². The SMILES string of the molecule is CNC(C)(CSc1cnn(C)c1)C(=O)OC. The summed E-state index contributed by atoms with van der Waals surface area (Å²) in [6.45, 7) is 1.82. The van der Waals surface area contributed by atoms with Crippen LogP contribution in [0.5, 0.6) is 0 Å². The molecule has 1 N–H and O–H groups in total. The van der Waals surface area contributed by atoms with Gasteiger partial charge in [0.05, 0.1) is 13.3 Å². The van der Waals surface area contributed by atoms with Gasteiger partial charge in [0.1, 0.15) is 5.54 Å². The molecule has 16 heavy (non-hydrogen) atoms. The van der Waals surface area contributed by atoms with Crippen LogP contribution in [0.15, 0.2) is 17.3 Å². The van der Waals surface area contributed by atoms with Gasteiger partial charge in [0.25, 0.3) is 0 Å². The second-order valence-electron chi connectivity index (χ2n) is 3.71. The topological polar surface area (TPSA) is 56.2 Å². The lowest BCUT2D eigenvalue weighted by atomic mass is 10.1. The summed E-state index contributed by atoms with van der Waals surface area (Å²) in [6.07, 6.45) is 3.69. The first kappa shape index (κ1) is 13.1. The van der Waals surface area contributed by atoms with Crippen molar-refractivity contribution in [2.45, 2.75) is 17.4 Å². The van der Waals surface area contributed by atoms with Crippen molar-refractivity contribution in [3.05, 3.63) is 12.4 Å². The van der Waals surface area contributed by atoms with Crippen LogP contribution in [-0.2, 0) is 16.6 Å². The van der Waals surface area contributed by atoms with Gasteiger partial charge in [-0.3, -0.25) is 9.48 Å². The Hall–Kier alpha value is -1.01. The standard InChI is InChI=1S/C10H17N3O2S/c1-10(11-2,9(14)15-4)7-16-8-5-12-13(3)6-8/h5-6,11H,7H2,1-4H3. The summed E-state index contributed by atoms with van der Waals surface area (Å²) in [5, 5.41) is 7.05. The highest BCUT2D eigenvalue weighted by atomic mass is 32.2. The van der Waals surface area contributed by atoms with E-state index in [-0.39, 0.29) is 5.97 Å². The predicted octanol–water partition coefficient (Wildman–Crippen LogP) is 0.663. The number of hydrogen-bond acceptors (Lipinski definition) is 5. The molecule has 0 aliphatic heterocycles. The number of thioether (sulfide) groups is 1. The maximum atomic E-state index is 11.6. The highest BCUT2D eigenvalue weighted by Crippen LogP contribution is 2.22. The van der Waals surface area contributed by atoms with Gasteiger partial charge in [-0.05, 0) is 14.0 Å². The average Bonchev–Trinajstić information content (AvgIpc) is 2.71. The summed E-state index contributed by atoms with van der Waals surface area (Å²) < 4.78 is 6.50. The number of methoxy groups -OCH3 is 1. The Morgan fingerprint density at radius 3 is 2.88 bits per heavy atom. The minimum Gasteiger partial charge on any atom is -0.468 e. The number of rotatable bonds is 5. The molecule has 1 unspecified atom stereocenters. The average molecular weight is 243 g/mol. The molecule has 5 nitrogen and oxygen atoms in total. The number of nitrogens with one attached hydrogen (secondary N) is 1. The van der Waals surface area contributed by atoms with Crippen LogP contribution in [0.1, 0.15) is 6.92 Å². The van der Waals surface area contributed by atoms with E-state index in [2.05, 4.69) is 10.4 Å². The van der Waals surface area contributed by atoms with Gasteiger partial charge in [-0.15, -0.1) is 11.8 Å². The van der Waals surface area contributed by atoms with Crippen molar-refractivity contribution in [1.82, 2.24) is 15.1 Å². The molecular weight excluding hydrogens is 226 g/mol. The summed E-state index contributed by atoms with van der Waals surface area (Å²) in [5.41, 5.74) is -0.671. The van der Waals surface area contributed by atoms with Crippen molar-refractivity contribution in [2.75, 3.05) is 19.9 Å². The van der Waals surface area contributed by atoms with Crippen LogP contribution in [0.4, 0.5) is 0 Å². The number of hydrogen-bond donors (Lipinski definition) is 1. The molecular formula is C10H17N3O2S. The largest absolute Gasteiger partial charge is 0.468 e. The Morgan fingerprint density at radius 1 is 1.75 bits per heavy atom. The first-order valence-corrected chi connectivity index (χ1v) is 5.89. The molecule has 0 amide bonds. The van der Waals surface area contributed by atoms with E-state index in [9.17, 15) is 4.79 Å². The molecule has 0 spiro atoms. The molecule has 1 rings (SSSR count). The van der Waals surface area contributed by atoms with Crippen LogP contribution in [0.25, 0.3) is 0 Å². The highest BCUT2D eigenvalue weighted by molar-refractivity contribution is 7.99. The molecule has 0 aliphatic carbocycles. The number of carbonyl (C=O) groups excluding carboxylic acids is 1. The second kappa shape index (κ2) is 5.36. The van der Waals surface area contributed by atoms with Gasteiger partial charge in [-0.25, -0.2) is 0 Å². The highest BCUT2D eigenvalue weighted by Gasteiger charge is 2.32. The molecule has 1 atom stereocenters. The molecule has 0 radical (unpaired) electrons. The predicted molar refractivity (Wildman–Crippen MR) is 63.4 cm³/mol. The third-order valence-corrected chi connectivity index (χ3v) is 3.66. The van der Waals surface area contributed by atoms with Gasteiger partial charge < -0.3 is 10.1 Å². The Balaban J connectivity index is 2.61. The van der Waals surface area contributed by atoms with Crippen molar-refractivity contribution >= 4 is 17.7 Å². The van der Waals surface area contributed by atoms with Crippen LogP contribution < -0.4 is 5.32 Å². The van der Waals surface area contributed by atoms with Crippen molar-refractivity contribution in [2.24, 2.45) is 7.05 Å². The van der Waals surface area contributed by atoms with E-state index in [0.717, 1.165) is 4.90 Å². The molecule has 0 aromatic carbocycles. The van der Waals surface area contributed by atoms with Gasteiger partial charge >= 0.3 is 5.97 Å². The zero-order valence-corrected chi connectivity index (χ0v) is 10.8. The summed E-state index contributed by atoms with van der Waals surface area (Å²) in [6, 6.07) is 0. The Labute approximate surface area is 99.5 Å². The zero-order valence-electron chi connectivity index (χ0n) is 9.98. The van der Waals surface area contributed by atoms with Gasteiger partial charge in [0, 0.05) is 23.9 Å². The Kier molecular flexibility index (Phi) is 4.37. The van der Waals surface area contributed by atoms with E-state index in [1.807, 2.05) is 20.2 Å². The van der Waals surface area contributed by atoms with Crippen LogP contribution >= 0.6 is 11.8 Å². The number of likely N-dealkylation sites (N-methyl/N-ethyl adjacent to an activating group) is 1. The summed E-state index contributed by atoms with van der Waals surface area (Å²) >= 11 is 1.57. The van der Waals surface area contributed by atoms with Crippen LogP contribution in [0, 0.1) is 0 Å². The lowest BCUT2D eigenvalue weighted by Crippen LogP contribution is -2.50. The monoisotopic (exact) mass is 243 g/mol. The summed E-state index contributed by atoms with van der Waals surface area (Å²) in [5.74, 6) is 0.341. The first-order valence-electron chi connectivity index (χ1n) is 4.90. The molecule has 1 aromatic rings. The number of aromatic nitrogens is 2. The van der Waals surface area contributed by atoms with E-state index >= 15 is 0 Å². The zero-order chi connectivity index (χ0) is 12.2. The van der Waals surface area contributed by atoms with E-state index in [4.69, 9.17) is 4.74 Å². The molecule has 0 fully saturated rings. The lowest BCUT2D eigenvalue weighted by Gasteiger charge is -2.25. The fraction of sp³-hybridized carbons (Fsp3) is 0.600. The van der Waals surface area contributed by atoms with Gasteiger partial charge in [-0.1, -0.05) is 0 Å². The maximum absolute atomic E-state index is 11.6. The van der Waals surface area contributed by atoms with Gasteiger partial charge in [-0.2, -0.15) is 5.10 Å². The summed E-state index contributed by atoms with van der Waals surface area (Å²) in [4.78, 5) is 12.6. The molecule has 1 aromatic heterocycles. The van der Waals surface area contributed by atoms with Crippen LogP contribution in [0.3, 0.4) is 0 Å². The molecule has 0 aliphatic rings. The fourth-order valence-corrected chi connectivity index (χ4v) is 2.23. The Bertz CT molecular complexity index is 367. The van der Waals surface area contributed by atoms with Crippen molar-refractivity contribution in [3.8, 4) is 0 Å². The lowest BCUT2D eigenvalue weighted by molar-refractivity contribution is -0.146. The summed E-state index contributed by atoms with van der Waals surface area (Å²) in [7, 11) is 5.01. The van der Waals surface area contributed by atoms with Gasteiger partial charge in [0.2, 0.25) is 0 Å². The van der Waals surface area contributed by atoms with Crippen molar-refractivity contribution in [3.63, 3.8) is 0 Å². The van der Waals surface area contributed by atoms with Gasteiger partial charge in [0.15, 0.2) is 0 Å².